The summed E-state index contributed by atoms with van der Waals surface area (Å²) in [7, 11) is 0. The van der Waals surface area contributed by atoms with E-state index in [0.717, 1.165) is 35.3 Å². The van der Waals surface area contributed by atoms with Crippen LogP contribution in [-0.2, 0) is 6.42 Å². The molecule has 0 aliphatic carbocycles. The summed E-state index contributed by atoms with van der Waals surface area (Å²) in [5, 5.41) is 13.1. The van der Waals surface area contributed by atoms with Crippen LogP contribution in [0.15, 0.2) is 42.9 Å². The number of carbonyl (C=O) groups is 1. The van der Waals surface area contributed by atoms with Gasteiger partial charge in [0, 0.05) is 23.2 Å². The lowest BCUT2D eigenvalue weighted by molar-refractivity contribution is 0.0912. The number of amides is 1. The summed E-state index contributed by atoms with van der Waals surface area (Å²) in [6.07, 6.45) is 4.96. The second-order valence-electron chi connectivity index (χ2n) is 6.92. The second kappa shape index (κ2) is 8.64. The number of H-pyrrole nitrogens is 2. The summed E-state index contributed by atoms with van der Waals surface area (Å²) in [6, 6.07) is 8.17. The number of nitrogens with one attached hydrogen (secondary N) is 3. The van der Waals surface area contributed by atoms with Gasteiger partial charge in [0.15, 0.2) is 5.65 Å². The Bertz CT molecular complexity index is 1190. The minimum absolute atomic E-state index is 0.249. The van der Waals surface area contributed by atoms with Crippen LogP contribution in [0.5, 0.6) is 0 Å². The van der Waals surface area contributed by atoms with E-state index < -0.39 is 6.04 Å². The number of halogens is 1. The summed E-state index contributed by atoms with van der Waals surface area (Å²) in [6.45, 7) is 1.83. The zero-order valence-electron chi connectivity index (χ0n) is 16.3. The van der Waals surface area contributed by atoms with Gasteiger partial charge in [-0.25, -0.2) is 15.0 Å². The molecule has 154 valence electrons. The van der Waals surface area contributed by atoms with Gasteiger partial charge in [-0.15, -0.1) is 0 Å². The van der Waals surface area contributed by atoms with E-state index in [2.05, 4.69) is 37.2 Å². The lowest BCUT2D eigenvalue weighted by atomic mass is 10.1. The first-order chi connectivity index (χ1) is 14.6. The molecule has 0 aliphatic rings. The fraction of sp³-hybridized carbons (Fsp3) is 0.238. The molecule has 4 rings (SSSR count). The standard InChI is InChI=1S/C21H21ClN6O2/c1-2-4-17-27-19-18(24-11-25-20(19)28-17)13-8-15(23-9-13)21(30)26-16(10-29)12-5-3-6-14(22)7-12/h3,5-9,11,16,23,29H,2,4,10H2,1H3,(H,26,30)(H,24,25,27,28). The summed E-state index contributed by atoms with van der Waals surface area (Å²) in [5.74, 6) is 0.511. The number of aliphatic hydroxyl groups excluding tert-OH is 1. The van der Waals surface area contributed by atoms with Crippen molar-refractivity contribution in [2.45, 2.75) is 25.8 Å². The predicted octanol–water partition coefficient (Wildman–Crippen LogP) is 3.42. The number of aromatic amines is 2. The fourth-order valence-electron chi connectivity index (χ4n) is 3.31. The minimum Gasteiger partial charge on any atom is -0.394 e. The van der Waals surface area contributed by atoms with Gasteiger partial charge in [-0.05, 0) is 30.2 Å². The van der Waals surface area contributed by atoms with Crippen LogP contribution < -0.4 is 5.32 Å². The Hall–Kier alpha value is -3.23. The number of hydrogen-bond donors (Lipinski definition) is 4. The molecule has 0 radical (unpaired) electrons. The number of fused-ring (bicyclic) bond motifs is 1. The van der Waals surface area contributed by atoms with Crippen LogP contribution >= 0.6 is 11.6 Å². The number of hydrogen-bond acceptors (Lipinski definition) is 5. The molecule has 0 bridgehead atoms. The quantitative estimate of drug-likeness (QED) is 0.362. The first-order valence-corrected chi connectivity index (χ1v) is 10.0. The van der Waals surface area contributed by atoms with Crippen molar-refractivity contribution in [2.24, 2.45) is 0 Å². The highest BCUT2D eigenvalue weighted by Gasteiger charge is 2.18. The van der Waals surface area contributed by atoms with E-state index in [0.29, 0.717) is 22.1 Å². The van der Waals surface area contributed by atoms with Crippen LogP contribution in [0.4, 0.5) is 0 Å². The zero-order chi connectivity index (χ0) is 21.1. The maximum Gasteiger partial charge on any atom is 0.268 e. The predicted molar refractivity (Wildman–Crippen MR) is 114 cm³/mol. The van der Waals surface area contributed by atoms with Crippen molar-refractivity contribution in [3.63, 3.8) is 0 Å². The van der Waals surface area contributed by atoms with Gasteiger partial charge in [-0.2, -0.15) is 0 Å². The van der Waals surface area contributed by atoms with Gasteiger partial charge in [-0.1, -0.05) is 30.7 Å². The van der Waals surface area contributed by atoms with Crippen molar-refractivity contribution in [1.82, 2.24) is 30.2 Å². The number of nitrogens with zero attached hydrogens (tertiary/aromatic N) is 3. The van der Waals surface area contributed by atoms with E-state index in [1.165, 1.54) is 6.33 Å². The van der Waals surface area contributed by atoms with Gasteiger partial charge in [-0.3, -0.25) is 4.79 Å². The van der Waals surface area contributed by atoms with Crippen LogP contribution in [0.1, 0.15) is 41.3 Å². The molecule has 1 unspecified atom stereocenters. The molecule has 0 aliphatic heterocycles. The van der Waals surface area contributed by atoms with Gasteiger partial charge in [0.05, 0.1) is 12.6 Å². The van der Waals surface area contributed by atoms with E-state index in [1.54, 1.807) is 36.5 Å². The number of aliphatic hydroxyl groups is 1. The fourth-order valence-corrected chi connectivity index (χ4v) is 3.50. The molecule has 0 spiro atoms. The molecular weight excluding hydrogens is 404 g/mol. The highest BCUT2D eigenvalue weighted by atomic mass is 35.5. The Morgan fingerprint density at radius 3 is 2.93 bits per heavy atom. The summed E-state index contributed by atoms with van der Waals surface area (Å²) in [5.41, 5.74) is 3.81. The molecule has 1 atom stereocenters. The average molecular weight is 425 g/mol. The molecule has 4 N–H and O–H groups in total. The van der Waals surface area contributed by atoms with Crippen molar-refractivity contribution in [3.8, 4) is 11.3 Å². The van der Waals surface area contributed by atoms with Crippen molar-refractivity contribution in [2.75, 3.05) is 6.61 Å². The minimum atomic E-state index is -0.571. The molecule has 3 aromatic heterocycles. The van der Waals surface area contributed by atoms with E-state index >= 15 is 0 Å². The molecule has 1 aromatic carbocycles. The average Bonchev–Trinajstić information content (AvgIpc) is 3.39. The van der Waals surface area contributed by atoms with Gasteiger partial charge < -0.3 is 20.4 Å². The molecule has 4 aromatic rings. The van der Waals surface area contributed by atoms with Crippen LogP contribution in [-0.4, -0.2) is 42.5 Å². The second-order valence-corrected chi connectivity index (χ2v) is 7.36. The smallest absolute Gasteiger partial charge is 0.268 e. The van der Waals surface area contributed by atoms with Crippen LogP contribution in [0, 0.1) is 0 Å². The SMILES string of the molecule is CCCc1nc2ncnc(-c3c[nH]c(C(=O)NC(CO)c4cccc(Cl)c4)c3)c2[nH]1. The summed E-state index contributed by atoms with van der Waals surface area (Å²) < 4.78 is 0. The third-order valence-corrected chi connectivity index (χ3v) is 5.00. The lowest BCUT2D eigenvalue weighted by Crippen LogP contribution is -2.31. The highest BCUT2D eigenvalue weighted by Crippen LogP contribution is 2.25. The van der Waals surface area contributed by atoms with Crippen LogP contribution in [0.3, 0.4) is 0 Å². The van der Waals surface area contributed by atoms with Gasteiger partial charge in [0.25, 0.3) is 5.91 Å². The van der Waals surface area contributed by atoms with Crippen molar-refractivity contribution in [1.29, 1.82) is 0 Å². The Morgan fingerprint density at radius 2 is 2.17 bits per heavy atom. The third kappa shape index (κ3) is 4.05. The van der Waals surface area contributed by atoms with E-state index in [1.807, 2.05) is 0 Å². The van der Waals surface area contributed by atoms with Gasteiger partial charge >= 0.3 is 0 Å². The molecule has 9 heteroatoms. The normalized spacial score (nSPS) is 12.2. The number of aromatic nitrogens is 5. The number of benzene rings is 1. The topological polar surface area (TPSA) is 120 Å². The molecule has 3 heterocycles. The molecular formula is C21H21ClN6O2. The number of carbonyl (C=O) groups excluding carboxylic acids is 1. The Kier molecular flexibility index (Phi) is 5.78. The van der Waals surface area contributed by atoms with E-state index in [-0.39, 0.29) is 12.5 Å². The largest absolute Gasteiger partial charge is 0.394 e. The van der Waals surface area contributed by atoms with Crippen molar-refractivity contribution in [3.05, 3.63) is 65.0 Å². The Morgan fingerprint density at radius 1 is 1.30 bits per heavy atom. The van der Waals surface area contributed by atoms with Crippen LogP contribution in [0.25, 0.3) is 22.4 Å². The maximum atomic E-state index is 12.7. The summed E-state index contributed by atoms with van der Waals surface area (Å²) >= 11 is 6.02. The first kappa shape index (κ1) is 20.1. The molecule has 8 nitrogen and oxygen atoms in total. The molecule has 30 heavy (non-hydrogen) atoms. The van der Waals surface area contributed by atoms with Gasteiger partial charge in [0.1, 0.15) is 29.1 Å². The van der Waals surface area contributed by atoms with E-state index in [4.69, 9.17) is 11.6 Å². The first-order valence-electron chi connectivity index (χ1n) is 9.64. The molecule has 0 saturated carbocycles. The van der Waals surface area contributed by atoms with Crippen LogP contribution in [0.2, 0.25) is 5.02 Å². The molecule has 0 fully saturated rings. The number of aryl methyl sites for hydroxylation is 1. The lowest BCUT2D eigenvalue weighted by Gasteiger charge is -2.16. The summed E-state index contributed by atoms with van der Waals surface area (Å²) in [4.78, 5) is 32.1. The van der Waals surface area contributed by atoms with Crippen molar-refractivity contribution < 1.29 is 9.90 Å². The molecule has 0 saturated heterocycles. The Labute approximate surface area is 177 Å². The number of rotatable bonds is 7. The molecule has 1 amide bonds. The Balaban J connectivity index is 1.58. The van der Waals surface area contributed by atoms with Crippen molar-refractivity contribution >= 4 is 28.7 Å². The highest BCUT2D eigenvalue weighted by molar-refractivity contribution is 6.30. The third-order valence-electron chi connectivity index (χ3n) is 4.76. The monoisotopic (exact) mass is 424 g/mol. The maximum absolute atomic E-state index is 12.7. The van der Waals surface area contributed by atoms with Gasteiger partial charge in [0.2, 0.25) is 0 Å². The van der Waals surface area contributed by atoms with E-state index in [9.17, 15) is 9.90 Å². The number of imidazole rings is 1. The zero-order valence-corrected chi connectivity index (χ0v) is 17.1.